The van der Waals surface area contributed by atoms with Crippen molar-refractivity contribution in [2.45, 2.75) is 19.8 Å². The van der Waals surface area contributed by atoms with E-state index in [0.717, 1.165) is 34.1 Å². The maximum Gasteiger partial charge on any atom is 0.140 e. The molecule has 1 heterocycles. The Labute approximate surface area is 113 Å². The van der Waals surface area contributed by atoms with Crippen LogP contribution in [-0.4, -0.2) is 23.2 Å². The molecule has 0 aliphatic heterocycles. The van der Waals surface area contributed by atoms with Gasteiger partial charge in [0.1, 0.15) is 5.82 Å². The largest absolute Gasteiger partial charge is 0.396 e. The Balaban J connectivity index is 2.53. The van der Waals surface area contributed by atoms with Crippen LogP contribution in [0.1, 0.15) is 19.8 Å². The number of hydrogen-bond acceptors (Lipinski definition) is 3. The summed E-state index contributed by atoms with van der Waals surface area (Å²) in [6.07, 6.45) is 3.65. The SMILES string of the molecule is CCC(CCO)CNc1ncc(Br)cc1Br. The Morgan fingerprint density at radius 2 is 2.25 bits per heavy atom. The van der Waals surface area contributed by atoms with Crippen LogP contribution in [-0.2, 0) is 0 Å². The zero-order chi connectivity index (χ0) is 12.0. The second-order valence-electron chi connectivity index (χ2n) is 3.65. The second-order valence-corrected chi connectivity index (χ2v) is 5.42. The molecule has 0 saturated heterocycles. The Morgan fingerprint density at radius 3 is 2.81 bits per heavy atom. The Kier molecular flexibility index (Phi) is 6.31. The van der Waals surface area contributed by atoms with E-state index in [-0.39, 0.29) is 6.61 Å². The first-order valence-electron chi connectivity index (χ1n) is 5.33. The summed E-state index contributed by atoms with van der Waals surface area (Å²) in [6, 6.07) is 1.96. The Morgan fingerprint density at radius 1 is 1.50 bits per heavy atom. The van der Waals surface area contributed by atoms with Gasteiger partial charge in [0.2, 0.25) is 0 Å². The highest BCUT2D eigenvalue weighted by atomic mass is 79.9. The van der Waals surface area contributed by atoms with E-state index in [0.29, 0.717) is 5.92 Å². The monoisotopic (exact) mass is 350 g/mol. The van der Waals surface area contributed by atoms with Crippen molar-refractivity contribution >= 4 is 37.7 Å². The molecular weight excluding hydrogens is 336 g/mol. The van der Waals surface area contributed by atoms with Crippen molar-refractivity contribution in [3.63, 3.8) is 0 Å². The van der Waals surface area contributed by atoms with Crippen molar-refractivity contribution < 1.29 is 5.11 Å². The van der Waals surface area contributed by atoms with E-state index >= 15 is 0 Å². The predicted octanol–water partition coefficient (Wildman–Crippen LogP) is 3.43. The number of aromatic nitrogens is 1. The van der Waals surface area contributed by atoms with Crippen LogP contribution in [0.2, 0.25) is 0 Å². The fourth-order valence-corrected chi connectivity index (χ4v) is 2.55. The third-order valence-corrected chi connectivity index (χ3v) is 3.52. The molecule has 1 aromatic heterocycles. The second kappa shape index (κ2) is 7.25. The van der Waals surface area contributed by atoms with Gasteiger partial charge < -0.3 is 10.4 Å². The van der Waals surface area contributed by atoms with Crippen molar-refractivity contribution in [1.82, 2.24) is 4.98 Å². The molecule has 0 saturated carbocycles. The molecule has 3 nitrogen and oxygen atoms in total. The van der Waals surface area contributed by atoms with Gasteiger partial charge in [0.05, 0.1) is 4.47 Å². The van der Waals surface area contributed by atoms with Crippen LogP contribution in [0.25, 0.3) is 0 Å². The van der Waals surface area contributed by atoms with Crippen molar-refractivity contribution in [2.75, 3.05) is 18.5 Å². The fourth-order valence-electron chi connectivity index (χ4n) is 1.42. The van der Waals surface area contributed by atoms with E-state index in [1.165, 1.54) is 0 Å². The van der Waals surface area contributed by atoms with Crippen molar-refractivity contribution in [1.29, 1.82) is 0 Å². The number of rotatable bonds is 6. The lowest BCUT2D eigenvalue weighted by atomic mass is 10.0. The lowest BCUT2D eigenvalue weighted by molar-refractivity contribution is 0.258. The van der Waals surface area contributed by atoms with Crippen LogP contribution in [0.5, 0.6) is 0 Å². The molecule has 1 atom stereocenters. The maximum absolute atomic E-state index is 8.90. The summed E-state index contributed by atoms with van der Waals surface area (Å²) in [5.41, 5.74) is 0. The summed E-state index contributed by atoms with van der Waals surface area (Å²) in [6.45, 7) is 3.21. The molecule has 5 heteroatoms. The van der Waals surface area contributed by atoms with Gasteiger partial charge in [-0.2, -0.15) is 0 Å². The Hall–Kier alpha value is -0.130. The minimum Gasteiger partial charge on any atom is -0.396 e. The number of hydrogen-bond donors (Lipinski definition) is 2. The molecule has 90 valence electrons. The smallest absolute Gasteiger partial charge is 0.140 e. The van der Waals surface area contributed by atoms with Gasteiger partial charge in [-0.3, -0.25) is 0 Å². The van der Waals surface area contributed by atoms with Crippen molar-refractivity contribution in [3.05, 3.63) is 21.2 Å². The maximum atomic E-state index is 8.90. The number of halogens is 2. The topological polar surface area (TPSA) is 45.1 Å². The molecule has 1 aromatic rings. The van der Waals surface area contributed by atoms with E-state index < -0.39 is 0 Å². The molecule has 0 amide bonds. The molecule has 0 radical (unpaired) electrons. The average Bonchev–Trinajstić information content (AvgIpc) is 2.26. The van der Waals surface area contributed by atoms with E-state index in [1.807, 2.05) is 6.07 Å². The van der Waals surface area contributed by atoms with Gasteiger partial charge in [-0.1, -0.05) is 13.3 Å². The lowest BCUT2D eigenvalue weighted by Gasteiger charge is -2.15. The zero-order valence-corrected chi connectivity index (χ0v) is 12.4. The van der Waals surface area contributed by atoms with E-state index in [4.69, 9.17) is 5.11 Å². The average molecular weight is 352 g/mol. The molecule has 0 aliphatic rings. The van der Waals surface area contributed by atoms with Crippen molar-refractivity contribution in [3.8, 4) is 0 Å². The number of pyridine rings is 1. The summed E-state index contributed by atoms with van der Waals surface area (Å²) >= 11 is 6.82. The van der Waals surface area contributed by atoms with Crippen molar-refractivity contribution in [2.24, 2.45) is 5.92 Å². The highest BCUT2D eigenvalue weighted by molar-refractivity contribution is 9.11. The third kappa shape index (κ3) is 4.39. The van der Waals surface area contributed by atoms with E-state index in [2.05, 4.69) is 49.1 Å². The Bertz CT molecular complexity index is 334. The minimum absolute atomic E-state index is 0.245. The number of aliphatic hydroxyl groups is 1. The van der Waals surface area contributed by atoms with Gasteiger partial charge in [-0.05, 0) is 50.3 Å². The first-order valence-corrected chi connectivity index (χ1v) is 6.91. The van der Waals surface area contributed by atoms with Crippen LogP contribution in [0, 0.1) is 5.92 Å². The zero-order valence-electron chi connectivity index (χ0n) is 9.21. The normalized spacial score (nSPS) is 12.5. The summed E-state index contributed by atoms with van der Waals surface area (Å²) < 4.78 is 1.90. The standard InChI is InChI=1S/C11H16Br2N2O/c1-2-8(3-4-16)6-14-11-10(13)5-9(12)7-15-11/h5,7-8,16H,2-4,6H2,1H3,(H,14,15). The van der Waals surface area contributed by atoms with Gasteiger partial charge >= 0.3 is 0 Å². The molecule has 0 bridgehead atoms. The van der Waals surface area contributed by atoms with Crippen LogP contribution in [0.4, 0.5) is 5.82 Å². The van der Waals surface area contributed by atoms with E-state index in [1.54, 1.807) is 6.20 Å². The summed E-state index contributed by atoms with van der Waals surface area (Å²) in [5.74, 6) is 1.34. The number of aliphatic hydroxyl groups excluding tert-OH is 1. The van der Waals surface area contributed by atoms with Gasteiger partial charge in [0.25, 0.3) is 0 Å². The summed E-state index contributed by atoms with van der Waals surface area (Å²) in [4.78, 5) is 4.28. The quantitative estimate of drug-likeness (QED) is 0.825. The molecule has 2 N–H and O–H groups in total. The first-order chi connectivity index (χ1) is 7.67. The number of nitrogens with zero attached hydrogens (tertiary/aromatic N) is 1. The van der Waals surface area contributed by atoms with Crippen LogP contribution in [0.3, 0.4) is 0 Å². The molecule has 0 fully saturated rings. The molecule has 0 spiro atoms. The van der Waals surface area contributed by atoms with Gasteiger partial charge in [0, 0.05) is 23.8 Å². The summed E-state index contributed by atoms with van der Waals surface area (Å²) in [5, 5.41) is 12.2. The highest BCUT2D eigenvalue weighted by Crippen LogP contribution is 2.23. The van der Waals surface area contributed by atoms with Crippen LogP contribution >= 0.6 is 31.9 Å². The van der Waals surface area contributed by atoms with Crippen LogP contribution < -0.4 is 5.32 Å². The fraction of sp³-hybridized carbons (Fsp3) is 0.545. The predicted molar refractivity (Wildman–Crippen MR) is 73.6 cm³/mol. The first kappa shape index (κ1) is 13.9. The molecular formula is C11H16Br2N2O. The number of anilines is 1. The molecule has 16 heavy (non-hydrogen) atoms. The van der Waals surface area contributed by atoms with Gasteiger partial charge in [0.15, 0.2) is 0 Å². The van der Waals surface area contributed by atoms with Gasteiger partial charge in [-0.15, -0.1) is 0 Å². The minimum atomic E-state index is 0.245. The molecule has 1 unspecified atom stereocenters. The highest BCUT2D eigenvalue weighted by Gasteiger charge is 2.07. The summed E-state index contributed by atoms with van der Waals surface area (Å²) in [7, 11) is 0. The molecule has 0 aliphatic carbocycles. The van der Waals surface area contributed by atoms with Crippen LogP contribution in [0.15, 0.2) is 21.2 Å². The lowest BCUT2D eigenvalue weighted by Crippen LogP contribution is -2.15. The van der Waals surface area contributed by atoms with Gasteiger partial charge in [-0.25, -0.2) is 4.98 Å². The third-order valence-electron chi connectivity index (χ3n) is 2.48. The molecule has 0 aromatic carbocycles. The molecule has 1 rings (SSSR count). The number of nitrogens with one attached hydrogen (secondary N) is 1. The van der Waals surface area contributed by atoms with E-state index in [9.17, 15) is 0 Å².